The summed E-state index contributed by atoms with van der Waals surface area (Å²) in [7, 11) is 0. The Bertz CT molecular complexity index is 165. The summed E-state index contributed by atoms with van der Waals surface area (Å²) >= 11 is 0. The van der Waals surface area contributed by atoms with Crippen molar-refractivity contribution in [3.05, 3.63) is 0 Å². The first-order valence-electron chi connectivity index (χ1n) is 3.44. The first kappa shape index (κ1) is 10.1. The highest BCUT2D eigenvalue weighted by Crippen LogP contribution is 2.17. The molecule has 1 amide bonds. The van der Waals surface area contributed by atoms with Crippen LogP contribution >= 0.6 is 0 Å². The van der Waals surface area contributed by atoms with Gasteiger partial charge in [-0.15, -0.1) is 0 Å². The quantitative estimate of drug-likeness (QED) is 0.540. The van der Waals surface area contributed by atoms with Crippen molar-refractivity contribution in [3.63, 3.8) is 0 Å². The molecule has 11 heavy (non-hydrogen) atoms. The molecular weight excluding hydrogens is 146 g/mol. The molecular formula is C7H13NO3. The van der Waals surface area contributed by atoms with E-state index in [1.165, 1.54) is 6.92 Å². The number of aliphatic hydroxyl groups is 1. The molecule has 0 bridgehead atoms. The SMILES string of the molecule is CC[C@H](C=O)C(C)(O)C(N)=O. The second-order valence-corrected chi connectivity index (χ2v) is 2.66. The van der Waals surface area contributed by atoms with Crippen LogP contribution in [0.2, 0.25) is 0 Å². The number of primary amides is 1. The third-order valence-electron chi connectivity index (χ3n) is 1.82. The Morgan fingerprint density at radius 1 is 1.82 bits per heavy atom. The van der Waals surface area contributed by atoms with E-state index in [0.29, 0.717) is 12.7 Å². The van der Waals surface area contributed by atoms with E-state index in [1.807, 2.05) is 0 Å². The van der Waals surface area contributed by atoms with Crippen LogP contribution in [-0.2, 0) is 9.59 Å². The Hall–Kier alpha value is -0.900. The summed E-state index contributed by atoms with van der Waals surface area (Å²) in [6.07, 6.45) is 0.949. The molecule has 0 radical (unpaired) electrons. The van der Waals surface area contributed by atoms with Gasteiger partial charge in [0.15, 0.2) is 0 Å². The smallest absolute Gasteiger partial charge is 0.249 e. The molecule has 0 aromatic rings. The number of carbonyl (C=O) groups excluding carboxylic acids is 2. The van der Waals surface area contributed by atoms with Crippen molar-refractivity contribution >= 4 is 12.2 Å². The summed E-state index contributed by atoms with van der Waals surface area (Å²) in [5, 5.41) is 9.35. The zero-order chi connectivity index (χ0) is 9.07. The van der Waals surface area contributed by atoms with Gasteiger partial charge < -0.3 is 15.6 Å². The van der Waals surface area contributed by atoms with Crippen LogP contribution in [-0.4, -0.2) is 22.9 Å². The average Bonchev–Trinajstić information content (AvgIpc) is 1.89. The molecule has 0 aliphatic heterocycles. The number of amides is 1. The minimum atomic E-state index is -1.71. The molecule has 0 aromatic heterocycles. The zero-order valence-corrected chi connectivity index (χ0v) is 6.70. The van der Waals surface area contributed by atoms with Crippen LogP contribution in [0.4, 0.5) is 0 Å². The predicted octanol–water partition coefficient (Wildman–Crippen LogP) is -0.552. The van der Waals surface area contributed by atoms with Crippen molar-refractivity contribution in [2.75, 3.05) is 0 Å². The van der Waals surface area contributed by atoms with Crippen LogP contribution in [0.3, 0.4) is 0 Å². The second-order valence-electron chi connectivity index (χ2n) is 2.66. The lowest BCUT2D eigenvalue weighted by Crippen LogP contribution is -2.47. The lowest BCUT2D eigenvalue weighted by molar-refractivity contribution is -0.143. The summed E-state index contributed by atoms with van der Waals surface area (Å²) in [5.74, 6) is -1.57. The van der Waals surface area contributed by atoms with E-state index in [-0.39, 0.29) is 0 Å². The molecule has 0 aromatic carbocycles. The van der Waals surface area contributed by atoms with Crippen molar-refractivity contribution < 1.29 is 14.7 Å². The number of hydrogen-bond donors (Lipinski definition) is 2. The third kappa shape index (κ3) is 2.01. The lowest BCUT2D eigenvalue weighted by atomic mass is 9.88. The van der Waals surface area contributed by atoms with Crippen LogP contribution < -0.4 is 5.73 Å². The van der Waals surface area contributed by atoms with Gasteiger partial charge in [-0.3, -0.25) is 4.79 Å². The Labute approximate surface area is 65.4 Å². The fourth-order valence-corrected chi connectivity index (χ4v) is 0.809. The van der Waals surface area contributed by atoms with Crippen molar-refractivity contribution in [1.82, 2.24) is 0 Å². The van der Waals surface area contributed by atoms with Gasteiger partial charge in [-0.25, -0.2) is 0 Å². The van der Waals surface area contributed by atoms with Crippen LogP contribution in [0, 0.1) is 5.92 Å². The van der Waals surface area contributed by atoms with E-state index < -0.39 is 17.4 Å². The van der Waals surface area contributed by atoms with Gasteiger partial charge in [0, 0.05) is 0 Å². The van der Waals surface area contributed by atoms with Crippen LogP contribution in [0.1, 0.15) is 20.3 Å². The first-order chi connectivity index (χ1) is 4.96. The summed E-state index contributed by atoms with van der Waals surface area (Å²) < 4.78 is 0. The third-order valence-corrected chi connectivity index (χ3v) is 1.82. The Kier molecular flexibility index (Phi) is 3.19. The fourth-order valence-electron chi connectivity index (χ4n) is 0.809. The molecule has 0 saturated carbocycles. The Balaban J connectivity index is 4.49. The minimum Gasteiger partial charge on any atom is -0.380 e. The summed E-state index contributed by atoms with van der Waals surface area (Å²) in [5.41, 5.74) is 3.16. The summed E-state index contributed by atoms with van der Waals surface area (Å²) in [6, 6.07) is 0. The maximum atomic E-state index is 10.6. The standard InChI is InChI=1S/C7H13NO3/c1-3-5(4-9)7(2,11)6(8)10/h4-5,11H,3H2,1-2H3,(H2,8,10)/t5-,7?/m1/s1. The molecule has 2 atom stereocenters. The first-order valence-corrected chi connectivity index (χ1v) is 3.44. The lowest BCUT2D eigenvalue weighted by Gasteiger charge is -2.24. The van der Waals surface area contributed by atoms with E-state index in [4.69, 9.17) is 5.73 Å². The average molecular weight is 159 g/mol. The van der Waals surface area contributed by atoms with Gasteiger partial charge in [-0.2, -0.15) is 0 Å². The van der Waals surface area contributed by atoms with Gasteiger partial charge in [-0.05, 0) is 13.3 Å². The van der Waals surface area contributed by atoms with Gasteiger partial charge in [0.2, 0.25) is 5.91 Å². The molecule has 0 rings (SSSR count). The molecule has 3 N–H and O–H groups in total. The Morgan fingerprint density at radius 3 is 2.36 bits per heavy atom. The van der Waals surface area contributed by atoms with E-state index in [0.717, 1.165) is 0 Å². The number of aldehydes is 1. The van der Waals surface area contributed by atoms with E-state index in [2.05, 4.69) is 0 Å². The normalized spacial score (nSPS) is 18.5. The molecule has 0 spiro atoms. The highest BCUT2D eigenvalue weighted by molar-refractivity contribution is 5.86. The number of nitrogens with two attached hydrogens (primary N) is 1. The van der Waals surface area contributed by atoms with Gasteiger partial charge in [0.25, 0.3) is 0 Å². The minimum absolute atomic E-state index is 0.402. The largest absolute Gasteiger partial charge is 0.380 e. The van der Waals surface area contributed by atoms with Gasteiger partial charge in [0.05, 0.1) is 5.92 Å². The predicted molar refractivity (Wildman–Crippen MR) is 39.7 cm³/mol. The molecule has 64 valence electrons. The van der Waals surface area contributed by atoms with Gasteiger partial charge >= 0.3 is 0 Å². The monoisotopic (exact) mass is 159 g/mol. The molecule has 4 nitrogen and oxygen atoms in total. The summed E-state index contributed by atoms with van der Waals surface area (Å²) in [4.78, 5) is 20.9. The zero-order valence-electron chi connectivity index (χ0n) is 6.70. The molecule has 1 unspecified atom stereocenters. The van der Waals surface area contributed by atoms with E-state index >= 15 is 0 Å². The van der Waals surface area contributed by atoms with Crippen molar-refractivity contribution in [2.24, 2.45) is 11.7 Å². The highest BCUT2D eigenvalue weighted by atomic mass is 16.3. The van der Waals surface area contributed by atoms with Crippen LogP contribution in [0.15, 0.2) is 0 Å². The van der Waals surface area contributed by atoms with Gasteiger partial charge in [0.1, 0.15) is 11.9 Å². The Morgan fingerprint density at radius 2 is 2.27 bits per heavy atom. The fraction of sp³-hybridized carbons (Fsp3) is 0.714. The molecule has 4 heteroatoms. The maximum absolute atomic E-state index is 10.6. The summed E-state index contributed by atoms with van der Waals surface area (Å²) in [6.45, 7) is 2.95. The number of carbonyl (C=O) groups is 2. The maximum Gasteiger partial charge on any atom is 0.249 e. The molecule has 0 saturated heterocycles. The second kappa shape index (κ2) is 3.48. The van der Waals surface area contributed by atoms with Crippen LogP contribution in [0.25, 0.3) is 0 Å². The number of rotatable bonds is 4. The van der Waals surface area contributed by atoms with Crippen molar-refractivity contribution in [1.29, 1.82) is 0 Å². The van der Waals surface area contributed by atoms with Crippen molar-refractivity contribution in [3.8, 4) is 0 Å². The highest BCUT2D eigenvalue weighted by Gasteiger charge is 2.36. The molecule has 0 aliphatic rings. The molecule has 0 fully saturated rings. The molecule has 0 heterocycles. The van der Waals surface area contributed by atoms with Gasteiger partial charge in [-0.1, -0.05) is 6.92 Å². The number of hydrogen-bond acceptors (Lipinski definition) is 3. The van der Waals surface area contributed by atoms with Crippen molar-refractivity contribution in [2.45, 2.75) is 25.9 Å². The van der Waals surface area contributed by atoms with E-state index in [1.54, 1.807) is 6.92 Å². The van der Waals surface area contributed by atoms with Crippen LogP contribution in [0.5, 0.6) is 0 Å². The van der Waals surface area contributed by atoms with E-state index in [9.17, 15) is 14.7 Å². The topological polar surface area (TPSA) is 80.4 Å². The molecule has 0 aliphatic carbocycles.